The van der Waals surface area contributed by atoms with Crippen LogP contribution in [0, 0.1) is 0 Å². The van der Waals surface area contributed by atoms with E-state index in [1.54, 1.807) is 0 Å². The highest BCUT2D eigenvalue weighted by Gasteiger charge is 2.26. The van der Waals surface area contributed by atoms with Crippen molar-refractivity contribution in [2.45, 2.75) is 25.3 Å². The van der Waals surface area contributed by atoms with Crippen molar-refractivity contribution in [3.63, 3.8) is 0 Å². The van der Waals surface area contributed by atoms with Crippen LogP contribution in [0.4, 0.5) is 0 Å². The lowest BCUT2D eigenvalue weighted by atomic mass is 10.0. The van der Waals surface area contributed by atoms with Gasteiger partial charge in [-0.2, -0.15) is 11.8 Å². The van der Waals surface area contributed by atoms with Gasteiger partial charge in [-0.05, 0) is 19.4 Å². The van der Waals surface area contributed by atoms with Crippen LogP contribution >= 0.6 is 11.8 Å². The fraction of sp³-hybridized carbons (Fsp3) is 0.900. The van der Waals surface area contributed by atoms with Crippen molar-refractivity contribution in [3.8, 4) is 0 Å². The summed E-state index contributed by atoms with van der Waals surface area (Å²) in [6.07, 6.45) is 3.45. The van der Waals surface area contributed by atoms with Crippen LogP contribution in [-0.4, -0.2) is 48.0 Å². The van der Waals surface area contributed by atoms with E-state index in [2.05, 4.69) is 5.32 Å². The Bertz CT molecular complexity index is 178. The van der Waals surface area contributed by atoms with E-state index >= 15 is 0 Å². The Kier molecular flexibility index (Phi) is 3.70. The number of hydrogen-bond donors (Lipinski definition) is 1. The zero-order chi connectivity index (χ0) is 9.80. The van der Waals surface area contributed by atoms with Gasteiger partial charge >= 0.3 is 0 Å². The molecule has 0 aromatic heterocycles. The maximum atomic E-state index is 12.0. The first-order valence-electron chi connectivity index (χ1n) is 5.48. The third kappa shape index (κ3) is 2.42. The molecule has 0 aromatic rings. The Balaban J connectivity index is 1.85. The predicted octanol–water partition coefficient (Wildman–Crippen LogP) is 0.704. The number of nitrogens with zero attached hydrogens (tertiary/aromatic N) is 1. The Morgan fingerprint density at radius 1 is 1.29 bits per heavy atom. The largest absolute Gasteiger partial charge is 0.340 e. The molecule has 80 valence electrons. The summed E-state index contributed by atoms with van der Waals surface area (Å²) in [7, 11) is 0. The quantitative estimate of drug-likeness (QED) is 0.697. The lowest BCUT2D eigenvalue weighted by Gasteiger charge is -2.32. The second kappa shape index (κ2) is 5.03. The number of carbonyl (C=O) groups excluding carboxylic acids is 1. The smallest absolute Gasteiger partial charge is 0.239 e. The normalized spacial score (nSPS) is 28.9. The zero-order valence-electron chi connectivity index (χ0n) is 8.50. The van der Waals surface area contributed by atoms with Gasteiger partial charge in [0.15, 0.2) is 0 Å². The molecule has 0 saturated carbocycles. The van der Waals surface area contributed by atoms with Gasteiger partial charge in [-0.25, -0.2) is 0 Å². The Morgan fingerprint density at radius 2 is 2.07 bits per heavy atom. The molecule has 2 rings (SSSR count). The monoisotopic (exact) mass is 214 g/mol. The minimum absolute atomic E-state index is 0.117. The zero-order valence-corrected chi connectivity index (χ0v) is 9.31. The summed E-state index contributed by atoms with van der Waals surface area (Å²) in [5.41, 5.74) is 0. The SMILES string of the molecule is O=C([C@@H]1CCCCN1)N1CCSCC1. The van der Waals surface area contributed by atoms with E-state index < -0.39 is 0 Å². The van der Waals surface area contributed by atoms with Crippen molar-refractivity contribution in [1.82, 2.24) is 10.2 Å². The lowest BCUT2D eigenvalue weighted by molar-refractivity contribution is -0.133. The second-order valence-corrected chi connectivity index (χ2v) is 5.16. The Labute approximate surface area is 89.6 Å². The lowest BCUT2D eigenvalue weighted by Crippen LogP contribution is -2.50. The molecule has 14 heavy (non-hydrogen) atoms. The molecule has 3 nitrogen and oxygen atoms in total. The van der Waals surface area contributed by atoms with Crippen LogP contribution < -0.4 is 5.32 Å². The first kappa shape index (κ1) is 10.3. The van der Waals surface area contributed by atoms with Crippen molar-refractivity contribution in [3.05, 3.63) is 0 Å². The average Bonchev–Trinajstić information content (AvgIpc) is 2.30. The third-order valence-corrected chi connectivity index (χ3v) is 3.87. The topological polar surface area (TPSA) is 32.3 Å². The number of carbonyl (C=O) groups is 1. The molecule has 1 N–H and O–H groups in total. The molecule has 0 bridgehead atoms. The predicted molar refractivity (Wildman–Crippen MR) is 59.5 cm³/mol. The van der Waals surface area contributed by atoms with E-state index in [0.29, 0.717) is 5.91 Å². The molecule has 2 heterocycles. The minimum atomic E-state index is 0.117. The van der Waals surface area contributed by atoms with Gasteiger partial charge in [0.25, 0.3) is 0 Å². The molecule has 0 aliphatic carbocycles. The van der Waals surface area contributed by atoms with E-state index in [4.69, 9.17) is 0 Å². The van der Waals surface area contributed by atoms with Crippen molar-refractivity contribution < 1.29 is 4.79 Å². The van der Waals surface area contributed by atoms with E-state index in [0.717, 1.165) is 37.6 Å². The molecule has 2 fully saturated rings. The molecule has 1 atom stereocenters. The number of amides is 1. The summed E-state index contributed by atoms with van der Waals surface area (Å²) in [6.45, 7) is 2.91. The molecule has 0 unspecified atom stereocenters. The van der Waals surface area contributed by atoms with Gasteiger partial charge in [-0.1, -0.05) is 6.42 Å². The molecule has 1 amide bonds. The summed E-state index contributed by atoms with van der Waals surface area (Å²) in [6, 6.07) is 0.117. The van der Waals surface area contributed by atoms with Gasteiger partial charge in [-0.15, -0.1) is 0 Å². The molecular formula is C10H18N2OS. The molecule has 0 spiro atoms. The molecular weight excluding hydrogens is 196 g/mol. The van der Waals surface area contributed by atoms with Crippen LogP contribution in [0.2, 0.25) is 0 Å². The second-order valence-electron chi connectivity index (χ2n) is 3.94. The molecule has 2 saturated heterocycles. The summed E-state index contributed by atoms with van der Waals surface area (Å²) < 4.78 is 0. The highest BCUT2D eigenvalue weighted by atomic mass is 32.2. The van der Waals surface area contributed by atoms with Crippen LogP contribution in [-0.2, 0) is 4.79 Å². The van der Waals surface area contributed by atoms with Crippen molar-refractivity contribution in [1.29, 1.82) is 0 Å². The fourth-order valence-corrected chi connectivity index (χ4v) is 2.97. The maximum absolute atomic E-state index is 12.0. The molecule has 4 heteroatoms. The molecule has 0 radical (unpaired) electrons. The van der Waals surface area contributed by atoms with Crippen LogP contribution in [0.15, 0.2) is 0 Å². The molecule has 2 aliphatic rings. The van der Waals surface area contributed by atoms with Gasteiger partial charge < -0.3 is 10.2 Å². The van der Waals surface area contributed by atoms with Crippen LogP contribution in [0.3, 0.4) is 0 Å². The number of nitrogens with one attached hydrogen (secondary N) is 1. The third-order valence-electron chi connectivity index (χ3n) is 2.93. The highest BCUT2D eigenvalue weighted by Crippen LogP contribution is 2.14. The number of rotatable bonds is 1. The van der Waals surface area contributed by atoms with Crippen molar-refractivity contribution in [2.24, 2.45) is 0 Å². The van der Waals surface area contributed by atoms with E-state index in [9.17, 15) is 4.79 Å². The van der Waals surface area contributed by atoms with Crippen molar-refractivity contribution >= 4 is 17.7 Å². The van der Waals surface area contributed by atoms with Gasteiger partial charge in [0.2, 0.25) is 5.91 Å². The van der Waals surface area contributed by atoms with Gasteiger partial charge in [0.05, 0.1) is 6.04 Å². The maximum Gasteiger partial charge on any atom is 0.239 e. The van der Waals surface area contributed by atoms with E-state index in [-0.39, 0.29) is 6.04 Å². The van der Waals surface area contributed by atoms with E-state index in [1.807, 2.05) is 16.7 Å². The van der Waals surface area contributed by atoms with E-state index in [1.165, 1.54) is 12.8 Å². The average molecular weight is 214 g/mol. The number of piperidine rings is 1. The first-order chi connectivity index (χ1) is 6.88. The Morgan fingerprint density at radius 3 is 2.71 bits per heavy atom. The van der Waals surface area contributed by atoms with Gasteiger partial charge in [0, 0.05) is 24.6 Å². The van der Waals surface area contributed by atoms with Crippen LogP contribution in [0.5, 0.6) is 0 Å². The summed E-state index contributed by atoms with van der Waals surface area (Å²) in [5, 5.41) is 3.32. The van der Waals surface area contributed by atoms with Crippen LogP contribution in [0.25, 0.3) is 0 Å². The summed E-state index contributed by atoms with van der Waals surface area (Å²) in [4.78, 5) is 14.0. The summed E-state index contributed by atoms with van der Waals surface area (Å²) in [5.74, 6) is 2.56. The molecule has 0 aromatic carbocycles. The summed E-state index contributed by atoms with van der Waals surface area (Å²) >= 11 is 1.95. The van der Waals surface area contributed by atoms with Gasteiger partial charge in [0.1, 0.15) is 0 Å². The highest BCUT2D eigenvalue weighted by molar-refractivity contribution is 7.99. The Hall–Kier alpha value is -0.220. The molecule has 2 aliphatic heterocycles. The first-order valence-corrected chi connectivity index (χ1v) is 6.63. The minimum Gasteiger partial charge on any atom is -0.340 e. The number of hydrogen-bond acceptors (Lipinski definition) is 3. The van der Waals surface area contributed by atoms with Crippen LogP contribution in [0.1, 0.15) is 19.3 Å². The number of thioether (sulfide) groups is 1. The van der Waals surface area contributed by atoms with Gasteiger partial charge in [-0.3, -0.25) is 4.79 Å². The standard InChI is InChI=1S/C10H18N2OS/c13-10(9-3-1-2-4-11-9)12-5-7-14-8-6-12/h9,11H,1-8H2/t9-/m0/s1. The van der Waals surface area contributed by atoms with Crippen molar-refractivity contribution in [2.75, 3.05) is 31.1 Å². The fourth-order valence-electron chi connectivity index (χ4n) is 2.07.